The zero-order chi connectivity index (χ0) is 26.7. The number of nitrogens with one attached hydrogen (secondary N) is 3. The molecule has 3 heterocycles. The van der Waals surface area contributed by atoms with Gasteiger partial charge in [-0.1, -0.05) is 13.8 Å². The van der Waals surface area contributed by atoms with Gasteiger partial charge in [0.05, 0.1) is 16.8 Å². The molecule has 0 unspecified atom stereocenters. The highest BCUT2D eigenvalue weighted by molar-refractivity contribution is 6.42. The van der Waals surface area contributed by atoms with Gasteiger partial charge in [-0.3, -0.25) is 9.59 Å². The van der Waals surface area contributed by atoms with E-state index in [0.717, 1.165) is 24.5 Å². The second-order valence-corrected chi connectivity index (χ2v) is 9.33. The molecule has 4 amide bonds. The number of halogens is 2. The van der Waals surface area contributed by atoms with E-state index in [4.69, 9.17) is 0 Å². The Morgan fingerprint density at radius 1 is 1.16 bits per heavy atom. The van der Waals surface area contributed by atoms with E-state index in [-0.39, 0.29) is 23.9 Å². The fourth-order valence-electron chi connectivity index (χ4n) is 4.95. The Labute approximate surface area is 228 Å². The average Bonchev–Trinajstić information content (AvgIpc) is 3.33. The molecule has 4 rings (SSSR count). The van der Waals surface area contributed by atoms with E-state index < -0.39 is 17.8 Å². The number of rotatable bonds is 7. The van der Waals surface area contributed by atoms with Crippen molar-refractivity contribution >= 4 is 47.6 Å². The fourth-order valence-corrected chi connectivity index (χ4v) is 4.95. The number of carbonyl (C=O) groups excluding carboxylic acids is 3. The lowest BCUT2D eigenvalue weighted by molar-refractivity contribution is -0.112. The van der Waals surface area contributed by atoms with Crippen molar-refractivity contribution in [2.45, 2.75) is 27.7 Å². The summed E-state index contributed by atoms with van der Waals surface area (Å²) < 4.78 is 14.2. The summed E-state index contributed by atoms with van der Waals surface area (Å²) in [5.41, 5.74) is 3.36. The molecule has 0 radical (unpaired) electrons. The minimum atomic E-state index is -0.513. The quantitative estimate of drug-likeness (QED) is 0.463. The van der Waals surface area contributed by atoms with Crippen molar-refractivity contribution in [3.8, 4) is 0 Å². The highest BCUT2D eigenvalue weighted by atomic mass is 35.5. The van der Waals surface area contributed by atoms with E-state index in [1.54, 1.807) is 17.9 Å². The molecule has 9 nitrogen and oxygen atoms in total. The normalized spacial score (nSPS) is 16.2. The van der Waals surface area contributed by atoms with Crippen LogP contribution in [0.3, 0.4) is 0 Å². The molecule has 0 bridgehead atoms. The second-order valence-electron chi connectivity index (χ2n) is 9.33. The summed E-state index contributed by atoms with van der Waals surface area (Å²) in [6.07, 6.45) is 1.61. The lowest BCUT2D eigenvalue weighted by Crippen LogP contribution is -2.52. The number of piperazine rings is 1. The number of urea groups is 1. The van der Waals surface area contributed by atoms with Gasteiger partial charge in [-0.15, -0.1) is 12.4 Å². The Balaban J connectivity index is 0.00000400. The maximum atomic E-state index is 14.2. The van der Waals surface area contributed by atoms with Gasteiger partial charge in [-0.05, 0) is 56.8 Å². The number of likely N-dealkylation sites (N-methyl/N-ethyl adjacent to an activating group) is 1. The van der Waals surface area contributed by atoms with Crippen molar-refractivity contribution < 1.29 is 18.8 Å². The van der Waals surface area contributed by atoms with Gasteiger partial charge in [0.2, 0.25) is 0 Å². The second kappa shape index (κ2) is 12.6. The van der Waals surface area contributed by atoms with Gasteiger partial charge in [0.25, 0.3) is 11.8 Å². The summed E-state index contributed by atoms with van der Waals surface area (Å²) in [5, 5.41) is 6.16. The van der Waals surface area contributed by atoms with Crippen molar-refractivity contribution in [2.75, 3.05) is 57.3 Å². The topological polar surface area (TPSA) is 101 Å². The van der Waals surface area contributed by atoms with Crippen LogP contribution < -0.4 is 15.5 Å². The molecule has 0 aliphatic carbocycles. The molecule has 0 spiro atoms. The molecule has 206 valence electrons. The number of benzene rings is 1. The molecule has 3 N–H and O–H groups in total. The van der Waals surface area contributed by atoms with Gasteiger partial charge < -0.3 is 25.4 Å². The molecule has 1 saturated heterocycles. The minimum absolute atomic E-state index is 0. The lowest BCUT2D eigenvalue weighted by Gasteiger charge is -2.30. The molecule has 2 aromatic rings. The van der Waals surface area contributed by atoms with Crippen molar-refractivity contribution in [1.29, 1.82) is 0 Å². The number of aromatic nitrogens is 1. The standard InChI is InChI=1S/C27H35FN6O3.ClH/c1-5-32(6-2)12-11-30-25(35)24-17(3)22(31-18(24)4)16-21-20-15-19(28)7-8-23(20)34(26(21)36)27(37)33-13-9-29-10-14-33;/h7-8,15-16,29,31H,5-6,9-14H2,1-4H3,(H,30,35);1H/b21-16-;. The van der Waals surface area contributed by atoms with E-state index in [1.165, 1.54) is 18.2 Å². The number of imide groups is 1. The van der Waals surface area contributed by atoms with Crippen LogP contribution in [0.5, 0.6) is 0 Å². The third kappa shape index (κ3) is 5.77. The number of hydrogen-bond donors (Lipinski definition) is 3. The summed E-state index contributed by atoms with van der Waals surface area (Å²) in [6.45, 7) is 13.1. The molecule has 38 heavy (non-hydrogen) atoms. The van der Waals surface area contributed by atoms with Crippen LogP contribution in [0.2, 0.25) is 0 Å². The molecule has 1 aromatic carbocycles. The van der Waals surface area contributed by atoms with Crippen LogP contribution in [0.1, 0.15) is 46.7 Å². The van der Waals surface area contributed by atoms with Crippen LogP contribution >= 0.6 is 12.4 Å². The maximum Gasteiger partial charge on any atom is 0.331 e. The lowest BCUT2D eigenvalue weighted by atomic mass is 10.0. The molecule has 11 heteroatoms. The number of nitrogens with zero attached hydrogens (tertiary/aromatic N) is 3. The monoisotopic (exact) mass is 546 g/mol. The fraction of sp³-hybridized carbons (Fsp3) is 0.444. The van der Waals surface area contributed by atoms with E-state index >= 15 is 0 Å². The first-order chi connectivity index (χ1) is 17.8. The Kier molecular flexibility index (Phi) is 9.70. The summed E-state index contributed by atoms with van der Waals surface area (Å²) in [4.78, 5) is 48.0. The van der Waals surface area contributed by atoms with Gasteiger partial charge in [0.1, 0.15) is 5.82 Å². The van der Waals surface area contributed by atoms with Gasteiger partial charge in [0.15, 0.2) is 0 Å². The number of aromatic amines is 1. The first-order valence-corrected chi connectivity index (χ1v) is 12.8. The third-order valence-corrected chi connectivity index (χ3v) is 7.10. The summed E-state index contributed by atoms with van der Waals surface area (Å²) in [7, 11) is 0. The van der Waals surface area contributed by atoms with Crippen LogP contribution in [-0.2, 0) is 4.79 Å². The number of amides is 4. The minimum Gasteiger partial charge on any atom is -0.358 e. The van der Waals surface area contributed by atoms with Gasteiger partial charge >= 0.3 is 6.03 Å². The van der Waals surface area contributed by atoms with Crippen LogP contribution in [-0.4, -0.2) is 85.0 Å². The average molecular weight is 547 g/mol. The highest BCUT2D eigenvalue weighted by Crippen LogP contribution is 2.39. The number of anilines is 1. The summed E-state index contributed by atoms with van der Waals surface area (Å²) in [5.74, 6) is -1.20. The molecule has 2 aliphatic heterocycles. The van der Waals surface area contributed by atoms with E-state index in [2.05, 4.69) is 34.4 Å². The van der Waals surface area contributed by atoms with E-state index in [9.17, 15) is 18.8 Å². The predicted molar refractivity (Wildman–Crippen MR) is 149 cm³/mol. The summed E-state index contributed by atoms with van der Waals surface area (Å²) in [6, 6.07) is 3.56. The Bertz CT molecular complexity index is 1230. The predicted octanol–water partition coefficient (Wildman–Crippen LogP) is 3.18. The molecule has 1 fully saturated rings. The van der Waals surface area contributed by atoms with E-state index in [0.29, 0.717) is 66.5 Å². The van der Waals surface area contributed by atoms with Gasteiger partial charge in [-0.2, -0.15) is 0 Å². The Morgan fingerprint density at radius 3 is 2.50 bits per heavy atom. The number of fused-ring (bicyclic) bond motifs is 1. The van der Waals surface area contributed by atoms with Gasteiger partial charge in [0, 0.05) is 56.2 Å². The number of hydrogen-bond acceptors (Lipinski definition) is 5. The largest absolute Gasteiger partial charge is 0.358 e. The third-order valence-electron chi connectivity index (χ3n) is 7.10. The first kappa shape index (κ1) is 29.3. The molecular weight excluding hydrogens is 511 g/mol. The molecule has 2 aliphatic rings. The SMILES string of the molecule is CCN(CC)CCNC(=O)c1c(C)[nH]c(/C=C2\C(=O)N(C(=O)N3CCNCC3)c3ccc(F)cc32)c1C.Cl. The highest BCUT2D eigenvalue weighted by Gasteiger charge is 2.39. The Morgan fingerprint density at radius 2 is 1.84 bits per heavy atom. The van der Waals surface area contributed by atoms with Crippen LogP contribution in [0.15, 0.2) is 18.2 Å². The number of H-pyrrole nitrogens is 1. The summed E-state index contributed by atoms with van der Waals surface area (Å²) >= 11 is 0. The van der Waals surface area contributed by atoms with Gasteiger partial charge in [-0.25, -0.2) is 14.1 Å². The van der Waals surface area contributed by atoms with Crippen LogP contribution in [0, 0.1) is 19.7 Å². The number of carbonyl (C=O) groups is 3. The van der Waals surface area contributed by atoms with Crippen molar-refractivity contribution in [3.05, 3.63) is 52.1 Å². The molecule has 0 atom stereocenters. The molecule has 0 saturated carbocycles. The smallest absolute Gasteiger partial charge is 0.331 e. The van der Waals surface area contributed by atoms with Crippen LogP contribution in [0.4, 0.5) is 14.9 Å². The zero-order valence-corrected chi connectivity index (χ0v) is 23.1. The molecular formula is C27H36ClFN6O3. The number of aryl methyl sites for hydroxylation is 1. The van der Waals surface area contributed by atoms with Crippen molar-refractivity contribution in [1.82, 2.24) is 25.4 Å². The zero-order valence-electron chi connectivity index (χ0n) is 22.3. The molecule has 1 aromatic heterocycles. The Hall–Kier alpha value is -3.21. The van der Waals surface area contributed by atoms with Crippen molar-refractivity contribution in [2.24, 2.45) is 0 Å². The van der Waals surface area contributed by atoms with Crippen molar-refractivity contribution in [3.63, 3.8) is 0 Å². The maximum absolute atomic E-state index is 14.2. The van der Waals surface area contributed by atoms with E-state index in [1.807, 2.05) is 6.92 Å². The first-order valence-electron chi connectivity index (χ1n) is 12.8. The van der Waals surface area contributed by atoms with Crippen LogP contribution in [0.25, 0.3) is 11.6 Å².